The molecule has 0 aliphatic carbocycles. The first kappa shape index (κ1) is 8.74. The van der Waals surface area contributed by atoms with Gasteiger partial charge >= 0.3 is 5.52 Å². The highest BCUT2D eigenvalue weighted by molar-refractivity contribution is 5.35. The second kappa shape index (κ2) is 3.14. The van der Waals surface area contributed by atoms with Crippen molar-refractivity contribution in [2.24, 2.45) is 0 Å². The number of aromatic nitrogens is 3. The fourth-order valence-electron chi connectivity index (χ4n) is 1.37. The smallest absolute Gasteiger partial charge is 0.311 e. The number of nitrogens with zero attached hydrogens (tertiary/aromatic N) is 3. The number of hydrogen-bond acceptors (Lipinski definition) is 1. The number of fused-ring (bicyclic) bond motifs is 1. The summed E-state index contributed by atoms with van der Waals surface area (Å²) >= 11 is 0. The van der Waals surface area contributed by atoms with Gasteiger partial charge < -0.3 is 5.21 Å². The molecule has 2 heterocycles. The topological polar surface area (TPSA) is 33.1 Å². The van der Waals surface area contributed by atoms with E-state index in [2.05, 4.69) is 0 Å². The summed E-state index contributed by atoms with van der Waals surface area (Å²) in [4.78, 5) is 1.07. The normalized spacial score (nSPS) is 12.3. The molecule has 0 bridgehead atoms. The van der Waals surface area contributed by atoms with Crippen molar-refractivity contribution in [2.75, 3.05) is 0 Å². The molecule has 0 saturated carbocycles. The lowest BCUT2D eigenvalue weighted by atomic mass is 10.4. The second-order valence-electron chi connectivity index (χ2n) is 3.14. The molecule has 0 fully saturated rings. The van der Waals surface area contributed by atoms with E-state index in [1.165, 1.54) is 0 Å². The zero-order valence-corrected chi connectivity index (χ0v) is 8.25. The van der Waals surface area contributed by atoms with Crippen molar-refractivity contribution in [2.45, 2.75) is 13.8 Å². The van der Waals surface area contributed by atoms with Crippen molar-refractivity contribution in [1.29, 1.82) is 0 Å². The van der Waals surface area contributed by atoms with Crippen LogP contribution in [-0.4, -0.2) is 10.2 Å². The number of allylic oxidation sites excluding steroid dienone is 2. The van der Waals surface area contributed by atoms with E-state index in [0.717, 1.165) is 16.2 Å². The lowest BCUT2D eigenvalue weighted by molar-refractivity contribution is -0.855. The molecule has 0 aliphatic rings. The van der Waals surface area contributed by atoms with Gasteiger partial charge in [0.25, 0.3) is 11.2 Å². The van der Waals surface area contributed by atoms with Gasteiger partial charge in [0.1, 0.15) is 0 Å². The Kier molecular flexibility index (Phi) is 1.96. The average molecular weight is 191 g/mol. The molecular weight excluding hydrogens is 178 g/mol. The van der Waals surface area contributed by atoms with Crippen LogP contribution in [-0.2, 0) is 0 Å². The van der Waals surface area contributed by atoms with Gasteiger partial charge in [0, 0.05) is 28.3 Å². The third-order valence-electron chi connectivity index (χ3n) is 2.29. The highest BCUT2D eigenvalue weighted by Crippen LogP contribution is 1.94. The van der Waals surface area contributed by atoms with Gasteiger partial charge in [-0.25, -0.2) is 0 Å². The Labute approximate surface area is 81.9 Å². The molecule has 0 radical (unpaired) electrons. The molecule has 4 nitrogen and oxygen atoms in total. The number of hydrogen-bond donors (Lipinski definition) is 1. The van der Waals surface area contributed by atoms with E-state index < -0.39 is 0 Å². The first-order chi connectivity index (χ1) is 6.74. The zero-order chi connectivity index (χ0) is 10.1. The van der Waals surface area contributed by atoms with Gasteiger partial charge in [-0.2, -0.15) is 0 Å². The SMILES string of the molecule is CC=C(C)[n+]1cc2cccc[n+]2n1O. The second-order valence-corrected chi connectivity index (χ2v) is 3.14. The third-order valence-corrected chi connectivity index (χ3v) is 2.29. The van der Waals surface area contributed by atoms with Crippen LogP contribution in [0.15, 0.2) is 36.7 Å². The Bertz CT molecular complexity index is 499. The molecule has 72 valence electrons. The average Bonchev–Trinajstić information content (AvgIpc) is 2.56. The minimum absolute atomic E-state index is 0.941. The van der Waals surface area contributed by atoms with Crippen LogP contribution in [0.2, 0.25) is 0 Å². The van der Waals surface area contributed by atoms with Gasteiger partial charge in [-0.3, -0.25) is 0 Å². The molecule has 2 aromatic heterocycles. The fourth-order valence-corrected chi connectivity index (χ4v) is 1.37. The van der Waals surface area contributed by atoms with Crippen molar-refractivity contribution in [3.63, 3.8) is 0 Å². The van der Waals surface area contributed by atoms with Crippen LogP contribution < -0.4 is 9.20 Å². The number of rotatable bonds is 1. The summed E-state index contributed by atoms with van der Waals surface area (Å²) < 4.78 is 3.34. The summed E-state index contributed by atoms with van der Waals surface area (Å²) in [7, 11) is 0. The summed E-state index contributed by atoms with van der Waals surface area (Å²) in [6, 6.07) is 5.74. The Balaban J connectivity index is 2.75. The van der Waals surface area contributed by atoms with Crippen molar-refractivity contribution in [3.8, 4) is 0 Å². The Morgan fingerprint density at radius 3 is 2.93 bits per heavy atom. The van der Waals surface area contributed by atoms with Crippen LogP contribution in [0.3, 0.4) is 0 Å². The van der Waals surface area contributed by atoms with Gasteiger partial charge in [-0.1, -0.05) is 0 Å². The molecule has 0 saturated heterocycles. The van der Waals surface area contributed by atoms with Crippen molar-refractivity contribution in [3.05, 3.63) is 36.7 Å². The monoisotopic (exact) mass is 191 g/mol. The van der Waals surface area contributed by atoms with Crippen LogP contribution in [0.5, 0.6) is 0 Å². The third kappa shape index (κ3) is 1.16. The Morgan fingerprint density at radius 2 is 2.29 bits per heavy atom. The molecule has 14 heavy (non-hydrogen) atoms. The molecule has 2 rings (SSSR count). The zero-order valence-electron chi connectivity index (χ0n) is 8.25. The standard InChI is InChI=1S/C10H13N3O/c1-3-9(2)12-8-10-6-4-5-7-11(10)13(12)14/h3-8,14H,1-2H3/q+2. The molecule has 0 aliphatic heterocycles. The predicted octanol–water partition coefficient (Wildman–Crippen LogP) is 0.632. The van der Waals surface area contributed by atoms with E-state index in [1.54, 1.807) is 15.4 Å². The first-order valence-electron chi connectivity index (χ1n) is 4.51. The van der Waals surface area contributed by atoms with Crippen molar-refractivity contribution in [1.82, 2.24) is 4.96 Å². The maximum atomic E-state index is 9.79. The molecule has 0 unspecified atom stereocenters. The molecule has 0 spiro atoms. The molecule has 0 amide bonds. The van der Waals surface area contributed by atoms with Gasteiger partial charge in [0.15, 0.2) is 0 Å². The lowest BCUT2D eigenvalue weighted by Gasteiger charge is -1.85. The van der Waals surface area contributed by atoms with Crippen molar-refractivity contribution >= 4 is 11.2 Å². The van der Waals surface area contributed by atoms with Crippen LogP contribution in [0.4, 0.5) is 0 Å². The predicted molar refractivity (Wildman–Crippen MR) is 50.6 cm³/mol. The summed E-state index contributed by atoms with van der Waals surface area (Å²) in [5, 5.41) is 9.79. The van der Waals surface area contributed by atoms with Crippen LogP contribution in [0.25, 0.3) is 11.2 Å². The maximum absolute atomic E-state index is 9.79. The van der Waals surface area contributed by atoms with Gasteiger partial charge in [0.05, 0.1) is 0 Å². The summed E-state index contributed by atoms with van der Waals surface area (Å²) in [6.45, 7) is 3.87. The highest BCUT2D eigenvalue weighted by Gasteiger charge is 2.23. The Hall–Kier alpha value is -1.84. The molecular formula is C10H13N3O+2. The molecule has 2 aromatic rings. The van der Waals surface area contributed by atoms with Gasteiger partial charge in [-0.05, 0) is 19.1 Å². The fraction of sp³-hybridized carbons (Fsp3) is 0.200. The summed E-state index contributed by atoms with van der Waals surface area (Å²) in [6.07, 6.45) is 5.61. The summed E-state index contributed by atoms with van der Waals surface area (Å²) in [5.74, 6) is 0. The Morgan fingerprint density at radius 1 is 1.50 bits per heavy atom. The first-order valence-corrected chi connectivity index (χ1v) is 4.51. The van der Waals surface area contributed by atoms with Gasteiger partial charge in [-0.15, -0.1) is 0 Å². The summed E-state index contributed by atoms with van der Waals surface area (Å²) in [5.41, 5.74) is 1.91. The molecule has 1 N–H and O–H groups in total. The molecule has 0 atom stereocenters. The maximum Gasteiger partial charge on any atom is 0.311 e. The van der Waals surface area contributed by atoms with E-state index in [1.807, 2.05) is 44.3 Å². The quantitative estimate of drug-likeness (QED) is 0.520. The van der Waals surface area contributed by atoms with E-state index >= 15 is 0 Å². The highest BCUT2D eigenvalue weighted by atomic mass is 16.5. The van der Waals surface area contributed by atoms with E-state index in [-0.39, 0.29) is 0 Å². The lowest BCUT2D eigenvalue weighted by Crippen LogP contribution is -2.48. The van der Waals surface area contributed by atoms with E-state index in [4.69, 9.17) is 0 Å². The van der Waals surface area contributed by atoms with Crippen LogP contribution in [0.1, 0.15) is 13.8 Å². The molecule has 4 heteroatoms. The van der Waals surface area contributed by atoms with Crippen LogP contribution >= 0.6 is 0 Å². The molecule has 0 aromatic carbocycles. The van der Waals surface area contributed by atoms with Gasteiger partial charge in [0.2, 0.25) is 11.9 Å². The van der Waals surface area contributed by atoms with Crippen LogP contribution in [0, 0.1) is 0 Å². The minimum Gasteiger partial charge on any atom is -0.337 e. The van der Waals surface area contributed by atoms with E-state index in [0.29, 0.717) is 0 Å². The largest absolute Gasteiger partial charge is 0.337 e. The minimum atomic E-state index is 0.941. The van der Waals surface area contributed by atoms with E-state index in [9.17, 15) is 5.21 Å². The van der Waals surface area contributed by atoms with Crippen molar-refractivity contribution < 1.29 is 14.4 Å². The number of pyridine rings is 1.